The quantitative estimate of drug-likeness (QED) is 0.659. The number of imide groups is 1. The van der Waals surface area contributed by atoms with Crippen LogP contribution in [0.3, 0.4) is 0 Å². The first-order chi connectivity index (χ1) is 11.6. The van der Waals surface area contributed by atoms with E-state index in [9.17, 15) is 9.59 Å². The van der Waals surface area contributed by atoms with Crippen molar-refractivity contribution in [2.24, 2.45) is 0 Å². The highest BCUT2D eigenvalue weighted by molar-refractivity contribution is 9.10. The fourth-order valence-corrected chi connectivity index (χ4v) is 3.29. The number of benzene rings is 2. The maximum atomic E-state index is 12.4. The molecule has 1 fully saturated rings. The Bertz CT molecular complexity index is 813. The molecular weight excluding hydrogens is 386 g/mol. The molecule has 0 unspecified atom stereocenters. The fourth-order valence-electron chi connectivity index (χ4n) is 2.24. The summed E-state index contributed by atoms with van der Waals surface area (Å²) in [7, 11) is 0. The minimum atomic E-state index is -0.241. The maximum Gasteiger partial charge on any atom is 0.293 e. The van der Waals surface area contributed by atoms with E-state index in [0.717, 1.165) is 27.4 Å². The van der Waals surface area contributed by atoms with Crippen LogP contribution in [0.25, 0.3) is 6.08 Å². The maximum absolute atomic E-state index is 12.4. The van der Waals surface area contributed by atoms with Crippen LogP contribution in [-0.4, -0.2) is 16.0 Å². The fraction of sp³-hybridized carbons (Fsp3) is 0.0526. The number of carbonyl (C=O) groups is 2. The van der Waals surface area contributed by atoms with E-state index in [1.54, 1.807) is 12.2 Å². The summed E-state index contributed by atoms with van der Waals surface area (Å²) in [4.78, 5) is 26.2. The lowest BCUT2D eigenvalue weighted by Gasteiger charge is -2.11. The number of allylic oxidation sites excluding steroid dienone is 2. The minimum absolute atomic E-state index is 0.229. The first kappa shape index (κ1) is 16.7. The van der Waals surface area contributed by atoms with Gasteiger partial charge >= 0.3 is 0 Å². The van der Waals surface area contributed by atoms with Gasteiger partial charge in [-0.25, -0.2) is 0 Å². The number of hydrogen-bond acceptors (Lipinski definition) is 3. The van der Waals surface area contributed by atoms with Gasteiger partial charge in [0.2, 0.25) is 0 Å². The molecule has 1 heterocycles. The van der Waals surface area contributed by atoms with Gasteiger partial charge in [-0.2, -0.15) is 0 Å². The Morgan fingerprint density at radius 3 is 2.42 bits per heavy atom. The van der Waals surface area contributed by atoms with Gasteiger partial charge in [-0.05, 0) is 41.1 Å². The van der Waals surface area contributed by atoms with Crippen LogP contribution in [-0.2, 0) is 11.3 Å². The SMILES string of the molecule is O=C1S/C(=C\C=C\c2ccc(Br)cc2)C(=O)N1Cc1ccccc1. The minimum Gasteiger partial charge on any atom is -0.268 e. The van der Waals surface area contributed by atoms with Crippen LogP contribution in [0.4, 0.5) is 4.79 Å². The van der Waals surface area contributed by atoms with Gasteiger partial charge in [-0.15, -0.1) is 0 Å². The van der Waals surface area contributed by atoms with Crippen molar-refractivity contribution >= 4 is 44.9 Å². The third-order valence-corrected chi connectivity index (χ3v) is 4.92. The number of thioether (sulfide) groups is 1. The molecule has 0 radical (unpaired) electrons. The molecule has 0 aromatic heterocycles. The van der Waals surface area contributed by atoms with Crippen LogP contribution < -0.4 is 0 Å². The zero-order chi connectivity index (χ0) is 16.9. The predicted molar refractivity (Wildman–Crippen MR) is 101 cm³/mol. The number of amides is 2. The van der Waals surface area contributed by atoms with Gasteiger partial charge in [0.15, 0.2) is 0 Å². The summed E-state index contributed by atoms with van der Waals surface area (Å²) in [5, 5.41) is -0.229. The molecular formula is C19H14BrNO2S. The molecule has 1 aliphatic heterocycles. The topological polar surface area (TPSA) is 37.4 Å². The van der Waals surface area contributed by atoms with E-state index in [0.29, 0.717) is 11.4 Å². The summed E-state index contributed by atoms with van der Waals surface area (Å²) < 4.78 is 1.02. The lowest BCUT2D eigenvalue weighted by molar-refractivity contribution is -0.123. The van der Waals surface area contributed by atoms with Gasteiger partial charge < -0.3 is 0 Å². The van der Waals surface area contributed by atoms with Crippen LogP contribution in [0.1, 0.15) is 11.1 Å². The Morgan fingerprint density at radius 2 is 1.71 bits per heavy atom. The van der Waals surface area contributed by atoms with E-state index in [1.165, 1.54) is 4.90 Å². The van der Waals surface area contributed by atoms with Crippen LogP contribution in [0, 0.1) is 0 Å². The van der Waals surface area contributed by atoms with Crippen LogP contribution in [0.2, 0.25) is 0 Å². The second kappa shape index (κ2) is 7.64. The molecule has 0 atom stereocenters. The van der Waals surface area contributed by atoms with Crippen molar-refractivity contribution in [1.29, 1.82) is 0 Å². The summed E-state index contributed by atoms with van der Waals surface area (Å²) in [6.07, 6.45) is 5.39. The normalized spacial score (nSPS) is 16.5. The lowest BCUT2D eigenvalue weighted by Crippen LogP contribution is -2.27. The van der Waals surface area contributed by atoms with Crippen LogP contribution >= 0.6 is 27.7 Å². The van der Waals surface area contributed by atoms with Crippen LogP contribution in [0.5, 0.6) is 0 Å². The molecule has 120 valence electrons. The first-order valence-electron chi connectivity index (χ1n) is 7.35. The monoisotopic (exact) mass is 399 g/mol. The molecule has 0 saturated carbocycles. The Labute approximate surface area is 153 Å². The number of halogens is 1. The summed E-state index contributed by atoms with van der Waals surface area (Å²) in [6, 6.07) is 17.3. The molecule has 0 aliphatic carbocycles. The molecule has 3 nitrogen and oxygen atoms in total. The number of hydrogen-bond donors (Lipinski definition) is 0. The standard InChI is InChI=1S/C19H14BrNO2S/c20-16-11-9-14(10-12-16)7-4-8-17-18(22)21(19(23)24-17)13-15-5-2-1-3-6-15/h1-12H,13H2/b7-4+,17-8-. The number of carbonyl (C=O) groups excluding carboxylic acids is 2. The summed E-state index contributed by atoms with van der Waals surface area (Å²) in [6.45, 7) is 0.305. The largest absolute Gasteiger partial charge is 0.293 e. The Balaban J connectivity index is 1.70. The van der Waals surface area contributed by atoms with E-state index >= 15 is 0 Å². The van der Waals surface area contributed by atoms with Crippen molar-refractivity contribution in [2.45, 2.75) is 6.54 Å². The molecule has 1 saturated heterocycles. The number of nitrogens with zero attached hydrogens (tertiary/aromatic N) is 1. The smallest absolute Gasteiger partial charge is 0.268 e. The molecule has 0 spiro atoms. The zero-order valence-electron chi connectivity index (χ0n) is 12.7. The van der Waals surface area contributed by atoms with Gasteiger partial charge in [0.25, 0.3) is 11.1 Å². The Kier molecular flexibility index (Phi) is 5.33. The van der Waals surface area contributed by atoms with E-state index in [4.69, 9.17) is 0 Å². The second-order valence-corrected chi connectivity index (χ2v) is 7.10. The van der Waals surface area contributed by atoms with E-state index in [-0.39, 0.29) is 11.1 Å². The predicted octanol–water partition coefficient (Wildman–Crippen LogP) is 5.24. The van der Waals surface area contributed by atoms with Gasteiger partial charge in [0, 0.05) is 4.47 Å². The van der Waals surface area contributed by atoms with Crippen molar-refractivity contribution in [3.05, 3.63) is 87.3 Å². The molecule has 3 rings (SSSR count). The van der Waals surface area contributed by atoms with Crippen molar-refractivity contribution in [3.63, 3.8) is 0 Å². The van der Waals surface area contributed by atoms with Crippen LogP contribution in [0.15, 0.2) is 76.1 Å². The molecule has 5 heteroatoms. The summed E-state index contributed by atoms with van der Waals surface area (Å²) in [5.74, 6) is -0.241. The first-order valence-corrected chi connectivity index (χ1v) is 8.96. The third kappa shape index (κ3) is 4.04. The molecule has 2 aromatic carbocycles. The van der Waals surface area contributed by atoms with Crippen molar-refractivity contribution < 1.29 is 9.59 Å². The highest BCUT2D eigenvalue weighted by atomic mass is 79.9. The summed E-state index contributed by atoms with van der Waals surface area (Å²) in [5.41, 5.74) is 1.96. The molecule has 2 aromatic rings. The Morgan fingerprint density at radius 1 is 1.00 bits per heavy atom. The van der Waals surface area contributed by atoms with Crippen molar-refractivity contribution in [2.75, 3.05) is 0 Å². The average molecular weight is 400 g/mol. The zero-order valence-corrected chi connectivity index (χ0v) is 15.1. The highest BCUT2D eigenvalue weighted by Crippen LogP contribution is 2.31. The van der Waals surface area contributed by atoms with Gasteiger partial charge in [0.05, 0.1) is 11.4 Å². The van der Waals surface area contributed by atoms with E-state index in [2.05, 4.69) is 15.9 Å². The van der Waals surface area contributed by atoms with Gasteiger partial charge in [0.1, 0.15) is 0 Å². The highest BCUT2D eigenvalue weighted by Gasteiger charge is 2.34. The summed E-state index contributed by atoms with van der Waals surface area (Å²) >= 11 is 4.37. The average Bonchev–Trinajstić information content (AvgIpc) is 2.85. The second-order valence-electron chi connectivity index (χ2n) is 5.19. The lowest BCUT2D eigenvalue weighted by atomic mass is 10.2. The molecule has 0 N–H and O–H groups in total. The molecule has 2 amide bonds. The number of rotatable bonds is 4. The Hall–Kier alpha value is -2.11. The van der Waals surface area contributed by atoms with Crippen molar-refractivity contribution in [1.82, 2.24) is 4.90 Å². The van der Waals surface area contributed by atoms with Gasteiger partial charge in [-0.3, -0.25) is 14.5 Å². The molecule has 0 bridgehead atoms. The molecule has 24 heavy (non-hydrogen) atoms. The van der Waals surface area contributed by atoms with Crippen molar-refractivity contribution in [3.8, 4) is 0 Å². The van der Waals surface area contributed by atoms with Gasteiger partial charge in [-0.1, -0.05) is 70.5 Å². The van der Waals surface area contributed by atoms with E-state index in [1.807, 2.05) is 60.7 Å². The van der Waals surface area contributed by atoms with E-state index < -0.39 is 0 Å². The third-order valence-electron chi connectivity index (χ3n) is 3.46. The molecule has 1 aliphatic rings.